The first-order valence-corrected chi connectivity index (χ1v) is 7.38. The number of nitriles is 1. The molecule has 1 aliphatic heterocycles. The molecule has 0 unspecified atom stereocenters. The van der Waals surface area contributed by atoms with E-state index in [1.807, 2.05) is 18.2 Å². The molecule has 0 bridgehead atoms. The van der Waals surface area contributed by atoms with Gasteiger partial charge in [-0.25, -0.2) is 0 Å². The van der Waals surface area contributed by atoms with Gasteiger partial charge in [-0.1, -0.05) is 18.2 Å². The molecule has 4 nitrogen and oxygen atoms in total. The zero-order valence-corrected chi connectivity index (χ0v) is 12.0. The summed E-state index contributed by atoms with van der Waals surface area (Å²) in [7, 11) is 0. The summed E-state index contributed by atoms with van der Waals surface area (Å²) in [5.74, 6) is 1.14. The molecular formula is C17H19N3O. The number of benzene rings is 1. The highest BCUT2D eigenvalue weighted by Crippen LogP contribution is 2.21. The van der Waals surface area contributed by atoms with Crippen LogP contribution < -0.4 is 5.32 Å². The maximum absolute atomic E-state index is 8.77. The van der Waals surface area contributed by atoms with Crippen LogP contribution >= 0.6 is 0 Å². The Kier molecular flexibility index (Phi) is 4.23. The number of hydrogen-bond acceptors (Lipinski definition) is 4. The number of anilines is 1. The van der Waals surface area contributed by atoms with Gasteiger partial charge in [0.1, 0.15) is 11.8 Å². The van der Waals surface area contributed by atoms with Crippen molar-refractivity contribution in [1.82, 2.24) is 4.90 Å². The first kappa shape index (κ1) is 13.7. The van der Waals surface area contributed by atoms with Gasteiger partial charge < -0.3 is 9.73 Å². The van der Waals surface area contributed by atoms with E-state index < -0.39 is 0 Å². The van der Waals surface area contributed by atoms with Crippen LogP contribution in [0.4, 0.5) is 5.69 Å². The van der Waals surface area contributed by atoms with E-state index >= 15 is 0 Å². The number of furan rings is 1. The Balaban J connectivity index is 1.65. The fraction of sp³-hybridized carbons (Fsp3) is 0.353. The first-order valence-electron chi connectivity index (χ1n) is 7.38. The lowest BCUT2D eigenvalue weighted by molar-refractivity contribution is 0.332. The molecule has 1 saturated heterocycles. The summed E-state index contributed by atoms with van der Waals surface area (Å²) in [6.45, 7) is 3.97. The van der Waals surface area contributed by atoms with Crippen LogP contribution in [0.2, 0.25) is 0 Å². The Bertz CT molecular complexity index is 635. The van der Waals surface area contributed by atoms with Crippen LogP contribution in [0.15, 0.2) is 40.8 Å². The fourth-order valence-electron chi connectivity index (χ4n) is 2.73. The molecule has 4 heteroatoms. The summed E-state index contributed by atoms with van der Waals surface area (Å²) < 4.78 is 5.39. The van der Waals surface area contributed by atoms with Crippen molar-refractivity contribution in [3.63, 3.8) is 0 Å². The summed E-state index contributed by atoms with van der Waals surface area (Å²) in [6.07, 6.45) is 2.61. The third-order valence-corrected chi connectivity index (χ3v) is 3.83. The highest BCUT2D eigenvalue weighted by atomic mass is 16.3. The molecule has 21 heavy (non-hydrogen) atoms. The third kappa shape index (κ3) is 3.45. The zero-order valence-electron chi connectivity index (χ0n) is 12.0. The molecule has 0 amide bonds. The number of rotatable bonds is 5. The van der Waals surface area contributed by atoms with Crippen molar-refractivity contribution in [1.29, 1.82) is 5.26 Å². The first-order chi connectivity index (χ1) is 10.3. The summed E-state index contributed by atoms with van der Waals surface area (Å²) in [5, 5.41) is 12.2. The van der Waals surface area contributed by atoms with E-state index in [1.54, 1.807) is 6.07 Å². The maximum Gasteiger partial charge on any atom is 0.203 e. The Hall–Kier alpha value is -2.25. The van der Waals surface area contributed by atoms with Crippen LogP contribution in [0.5, 0.6) is 0 Å². The molecule has 1 fully saturated rings. The van der Waals surface area contributed by atoms with E-state index in [0.717, 1.165) is 18.0 Å². The minimum absolute atomic E-state index is 0.358. The Morgan fingerprint density at radius 1 is 1.14 bits per heavy atom. The average Bonchev–Trinajstić information content (AvgIpc) is 3.17. The average molecular weight is 281 g/mol. The molecule has 108 valence electrons. The van der Waals surface area contributed by atoms with E-state index in [-0.39, 0.29) is 0 Å². The molecule has 2 aromatic rings. The molecule has 3 rings (SSSR count). The third-order valence-electron chi connectivity index (χ3n) is 3.83. The molecule has 1 aromatic heterocycles. The summed E-state index contributed by atoms with van der Waals surface area (Å²) in [5.41, 5.74) is 2.45. The summed E-state index contributed by atoms with van der Waals surface area (Å²) in [4.78, 5) is 2.49. The van der Waals surface area contributed by atoms with Gasteiger partial charge in [-0.3, -0.25) is 4.90 Å². The van der Waals surface area contributed by atoms with E-state index in [2.05, 4.69) is 28.4 Å². The monoisotopic (exact) mass is 281 g/mol. The van der Waals surface area contributed by atoms with Crippen molar-refractivity contribution in [3.05, 3.63) is 53.5 Å². The van der Waals surface area contributed by atoms with Crippen molar-refractivity contribution in [2.24, 2.45) is 0 Å². The van der Waals surface area contributed by atoms with E-state index in [4.69, 9.17) is 9.68 Å². The molecule has 2 heterocycles. The molecular weight excluding hydrogens is 262 g/mol. The second-order valence-corrected chi connectivity index (χ2v) is 5.37. The number of para-hydroxylation sites is 1. The van der Waals surface area contributed by atoms with E-state index in [9.17, 15) is 0 Å². The lowest BCUT2D eigenvalue weighted by atomic mass is 10.1. The van der Waals surface area contributed by atoms with E-state index in [1.165, 1.54) is 31.5 Å². The molecule has 0 saturated carbocycles. The van der Waals surface area contributed by atoms with Gasteiger partial charge in [0.15, 0.2) is 0 Å². The largest absolute Gasteiger partial charge is 0.449 e. The SMILES string of the molecule is N#Cc1ccc(CNc2ccccc2CN2CCCC2)o1. The van der Waals surface area contributed by atoms with Gasteiger partial charge in [-0.2, -0.15) is 5.26 Å². The second-order valence-electron chi connectivity index (χ2n) is 5.37. The second kappa shape index (κ2) is 6.47. The highest BCUT2D eigenvalue weighted by Gasteiger charge is 2.13. The van der Waals surface area contributed by atoms with Crippen molar-refractivity contribution < 1.29 is 4.42 Å². The summed E-state index contributed by atoms with van der Waals surface area (Å²) >= 11 is 0. The van der Waals surface area contributed by atoms with Crippen LogP contribution in [0.25, 0.3) is 0 Å². The maximum atomic E-state index is 8.77. The zero-order chi connectivity index (χ0) is 14.5. The lowest BCUT2D eigenvalue weighted by Crippen LogP contribution is -2.19. The highest BCUT2D eigenvalue weighted by molar-refractivity contribution is 5.51. The van der Waals surface area contributed by atoms with Gasteiger partial charge in [0.05, 0.1) is 6.54 Å². The predicted molar refractivity (Wildman–Crippen MR) is 81.7 cm³/mol. The smallest absolute Gasteiger partial charge is 0.203 e. The Labute approximate surface area is 125 Å². The normalized spacial score (nSPS) is 15.0. The van der Waals surface area contributed by atoms with Crippen molar-refractivity contribution in [3.8, 4) is 6.07 Å². The molecule has 1 aromatic carbocycles. The lowest BCUT2D eigenvalue weighted by Gasteiger charge is -2.18. The van der Waals surface area contributed by atoms with Crippen LogP contribution in [0.1, 0.15) is 29.9 Å². The van der Waals surface area contributed by atoms with Crippen molar-refractivity contribution in [2.75, 3.05) is 18.4 Å². The molecule has 0 atom stereocenters. The number of hydrogen-bond donors (Lipinski definition) is 1. The Morgan fingerprint density at radius 2 is 1.95 bits per heavy atom. The number of likely N-dealkylation sites (tertiary alicyclic amines) is 1. The van der Waals surface area contributed by atoms with Gasteiger partial charge in [0.25, 0.3) is 0 Å². The minimum atomic E-state index is 0.358. The van der Waals surface area contributed by atoms with Crippen LogP contribution in [-0.2, 0) is 13.1 Å². The molecule has 1 N–H and O–H groups in total. The standard InChI is InChI=1S/C17H19N3O/c18-11-15-7-8-16(21-15)12-19-17-6-2-1-5-14(17)13-20-9-3-4-10-20/h1-2,5-8,19H,3-4,9-10,12-13H2. The molecule has 1 aliphatic rings. The van der Waals surface area contributed by atoms with Crippen LogP contribution in [0.3, 0.4) is 0 Å². The predicted octanol–water partition coefficient (Wildman–Crippen LogP) is 3.36. The number of nitrogens with one attached hydrogen (secondary N) is 1. The van der Waals surface area contributed by atoms with Gasteiger partial charge in [0.2, 0.25) is 5.76 Å². The van der Waals surface area contributed by atoms with Crippen molar-refractivity contribution in [2.45, 2.75) is 25.9 Å². The van der Waals surface area contributed by atoms with Gasteiger partial charge >= 0.3 is 0 Å². The van der Waals surface area contributed by atoms with E-state index in [0.29, 0.717) is 12.3 Å². The van der Waals surface area contributed by atoms with Gasteiger partial charge in [-0.05, 0) is 49.7 Å². The topological polar surface area (TPSA) is 52.2 Å². The molecule has 0 radical (unpaired) electrons. The Morgan fingerprint density at radius 3 is 2.71 bits per heavy atom. The minimum Gasteiger partial charge on any atom is -0.449 e. The van der Waals surface area contributed by atoms with Crippen LogP contribution in [-0.4, -0.2) is 18.0 Å². The van der Waals surface area contributed by atoms with Crippen LogP contribution in [0, 0.1) is 11.3 Å². The number of nitrogens with zero attached hydrogens (tertiary/aromatic N) is 2. The molecule has 0 aliphatic carbocycles. The molecule has 0 spiro atoms. The van der Waals surface area contributed by atoms with Gasteiger partial charge in [0, 0.05) is 12.2 Å². The summed E-state index contributed by atoms with van der Waals surface area (Å²) in [6, 6.07) is 13.9. The quantitative estimate of drug-likeness (QED) is 0.913. The fourth-order valence-corrected chi connectivity index (χ4v) is 2.73. The van der Waals surface area contributed by atoms with Gasteiger partial charge in [-0.15, -0.1) is 0 Å². The van der Waals surface area contributed by atoms with Crippen molar-refractivity contribution >= 4 is 5.69 Å².